The highest BCUT2D eigenvalue weighted by atomic mass is 32.2. The predicted molar refractivity (Wildman–Crippen MR) is 93.0 cm³/mol. The molecule has 2 aliphatic heterocycles. The van der Waals surface area contributed by atoms with Gasteiger partial charge in [0.1, 0.15) is 32.7 Å². The van der Waals surface area contributed by atoms with Gasteiger partial charge in [0.25, 0.3) is 0 Å². The monoisotopic (exact) mass is 322 g/mol. The van der Waals surface area contributed by atoms with E-state index < -0.39 is 0 Å². The molecule has 2 fully saturated rings. The Bertz CT molecular complexity index is 446. The summed E-state index contributed by atoms with van der Waals surface area (Å²) in [4.78, 5) is 6.78. The van der Waals surface area contributed by atoms with Gasteiger partial charge in [-0.05, 0) is 18.4 Å². The van der Waals surface area contributed by atoms with Gasteiger partial charge >= 0.3 is 0 Å². The van der Waals surface area contributed by atoms with Gasteiger partial charge in [0.2, 0.25) is 0 Å². The normalized spacial score (nSPS) is 32.8. The second-order valence-electron chi connectivity index (χ2n) is 7.16. The molecule has 0 saturated carbocycles. The standard InChI is InChI=1S/C18H29N3S/c1-19-11-13-21(14-12-19)17-7-9-20(10-8-17)15-16-3-5-18(22-2)6-4-16/h3-6,17H,7-15H2,1-2H3/p+3. The molecule has 2 aliphatic rings. The number of thioether (sulfide) groups is 1. The summed E-state index contributed by atoms with van der Waals surface area (Å²) in [5.74, 6) is 0. The fourth-order valence-corrected chi connectivity index (χ4v) is 4.46. The maximum absolute atomic E-state index is 2.34. The summed E-state index contributed by atoms with van der Waals surface area (Å²) in [5, 5.41) is 0. The third-order valence-electron chi connectivity index (χ3n) is 5.63. The summed E-state index contributed by atoms with van der Waals surface area (Å²) in [6, 6.07) is 10.1. The largest absolute Gasteiger partial charge is 0.331 e. The minimum Gasteiger partial charge on any atom is -0.331 e. The number of piperidine rings is 1. The minimum atomic E-state index is 0.940. The quantitative estimate of drug-likeness (QED) is 0.566. The fraction of sp³-hybridized carbons (Fsp3) is 0.667. The average molecular weight is 323 g/mol. The first-order valence-corrected chi connectivity index (χ1v) is 10.1. The first-order chi connectivity index (χ1) is 10.7. The van der Waals surface area contributed by atoms with E-state index in [1.54, 1.807) is 9.80 Å². The highest BCUT2D eigenvalue weighted by Gasteiger charge is 2.32. The van der Waals surface area contributed by atoms with E-state index in [1.165, 1.54) is 69.1 Å². The Morgan fingerprint density at radius 1 is 0.955 bits per heavy atom. The number of hydrogen-bond donors (Lipinski definition) is 3. The molecule has 122 valence electrons. The van der Waals surface area contributed by atoms with Crippen LogP contribution in [-0.2, 0) is 6.54 Å². The van der Waals surface area contributed by atoms with Crippen LogP contribution < -0.4 is 14.7 Å². The topological polar surface area (TPSA) is 13.3 Å². The van der Waals surface area contributed by atoms with Gasteiger partial charge in [0.15, 0.2) is 0 Å². The molecule has 0 unspecified atom stereocenters. The smallest absolute Gasteiger partial charge is 0.127 e. The molecule has 3 rings (SSSR count). The predicted octanol–water partition coefficient (Wildman–Crippen LogP) is -1.63. The van der Waals surface area contributed by atoms with Crippen LogP contribution in [0.4, 0.5) is 0 Å². The van der Waals surface area contributed by atoms with Crippen molar-refractivity contribution in [3.8, 4) is 0 Å². The van der Waals surface area contributed by atoms with E-state index in [4.69, 9.17) is 0 Å². The molecule has 0 radical (unpaired) electrons. The molecule has 1 aromatic carbocycles. The van der Waals surface area contributed by atoms with Gasteiger partial charge in [0.05, 0.1) is 26.2 Å². The van der Waals surface area contributed by atoms with E-state index in [1.807, 2.05) is 16.7 Å². The maximum Gasteiger partial charge on any atom is 0.127 e. The summed E-state index contributed by atoms with van der Waals surface area (Å²) in [7, 11) is 2.34. The maximum atomic E-state index is 2.34. The molecule has 0 amide bonds. The van der Waals surface area contributed by atoms with Gasteiger partial charge in [-0.3, -0.25) is 0 Å². The average Bonchev–Trinajstić information content (AvgIpc) is 2.57. The first kappa shape index (κ1) is 16.3. The second-order valence-corrected chi connectivity index (χ2v) is 8.04. The number of quaternary nitrogens is 3. The molecule has 0 bridgehead atoms. The number of rotatable bonds is 4. The second kappa shape index (κ2) is 7.82. The Labute approximate surface area is 139 Å². The summed E-state index contributed by atoms with van der Waals surface area (Å²) in [6.45, 7) is 9.45. The van der Waals surface area contributed by atoms with Crippen LogP contribution in [-0.4, -0.2) is 58.6 Å². The Morgan fingerprint density at radius 2 is 1.59 bits per heavy atom. The molecular formula is C18H32N3S+3. The Morgan fingerprint density at radius 3 is 2.18 bits per heavy atom. The summed E-state index contributed by atoms with van der Waals surface area (Å²) in [5.41, 5.74) is 1.50. The number of piperazine rings is 1. The van der Waals surface area contributed by atoms with E-state index in [0.717, 1.165) is 6.04 Å². The molecule has 4 heteroatoms. The molecule has 22 heavy (non-hydrogen) atoms. The lowest BCUT2D eigenvalue weighted by atomic mass is 10.0. The van der Waals surface area contributed by atoms with Gasteiger partial charge in [-0.15, -0.1) is 11.8 Å². The third-order valence-corrected chi connectivity index (χ3v) is 6.37. The molecule has 2 saturated heterocycles. The number of hydrogen-bond acceptors (Lipinski definition) is 1. The van der Waals surface area contributed by atoms with Gasteiger partial charge in [-0.1, -0.05) is 12.1 Å². The summed E-state index contributed by atoms with van der Waals surface area (Å²) >= 11 is 1.83. The lowest BCUT2D eigenvalue weighted by Crippen LogP contribution is -3.29. The van der Waals surface area contributed by atoms with E-state index >= 15 is 0 Å². The van der Waals surface area contributed by atoms with Gasteiger partial charge in [-0.25, -0.2) is 0 Å². The van der Waals surface area contributed by atoms with Crippen LogP contribution in [0.3, 0.4) is 0 Å². The van der Waals surface area contributed by atoms with E-state index in [2.05, 4.69) is 37.6 Å². The van der Waals surface area contributed by atoms with Gasteiger partial charge in [-0.2, -0.15) is 0 Å². The lowest BCUT2D eigenvalue weighted by Gasteiger charge is -2.37. The number of likely N-dealkylation sites (N-methyl/N-ethyl adjacent to an activating group) is 1. The molecule has 1 aromatic rings. The number of benzene rings is 1. The highest BCUT2D eigenvalue weighted by Crippen LogP contribution is 2.14. The molecule has 3 N–H and O–H groups in total. The zero-order valence-electron chi connectivity index (χ0n) is 14.2. The summed E-state index contributed by atoms with van der Waals surface area (Å²) in [6.07, 6.45) is 4.99. The van der Waals surface area contributed by atoms with E-state index in [-0.39, 0.29) is 0 Å². The van der Waals surface area contributed by atoms with Crippen LogP contribution in [0.1, 0.15) is 18.4 Å². The third kappa shape index (κ3) is 4.25. The first-order valence-electron chi connectivity index (χ1n) is 8.87. The molecule has 0 aromatic heterocycles. The van der Waals surface area contributed by atoms with E-state index in [9.17, 15) is 0 Å². The van der Waals surface area contributed by atoms with Crippen LogP contribution in [0, 0.1) is 0 Å². The zero-order valence-corrected chi connectivity index (χ0v) is 15.0. The van der Waals surface area contributed by atoms with Crippen LogP contribution in [0.25, 0.3) is 0 Å². The van der Waals surface area contributed by atoms with Crippen molar-refractivity contribution in [3.63, 3.8) is 0 Å². The molecule has 3 nitrogen and oxygen atoms in total. The SMILES string of the molecule is CSc1ccc(C[NH+]2CCC([NH+]3CC[NH+](C)CC3)CC2)cc1. The van der Waals surface area contributed by atoms with Crippen molar-refractivity contribution < 1.29 is 14.7 Å². The molecule has 0 spiro atoms. The van der Waals surface area contributed by atoms with Crippen molar-refractivity contribution in [2.24, 2.45) is 0 Å². The number of likely N-dealkylation sites (tertiary alicyclic amines) is 1. The lowest BCUT2D eigenvalue weighted by molar-refractivity contribution is -1.02. The fourth-order valence-electron chi connectivity index (χ4n) is 4.05. The van der Waals surface area contributed by atoms with Gasteiger partial charge in [0, 0.05) is 23.3 Å². The Hall–Kier alpha value is -0.550. The van der Waals surface area contributed by atoms with Crippen LogP contribution >= 0.6 is 11.8 Å². The highest BCUT2D eigenvalue weighted by molar-refractivity contribution is 7.98. The van der Waals surface area contributed by atoms with Crippen molar-refractivity contribution >= 4 is 11.8 Å². The molecule has 0 aliphatic carbocycles. The van der Waals surface area contributed by atoms with Crippen LogP contribution in [0.2, 0.25) is 0 Å². The number of nitrogens with one attached hydrogen (secondary N) is 3. The summed E-state index contributed by atoms with van der Waals surface area (Å²) < 4.78 is 0. The van der Waals surface area contributed by atoms with Crippen molar-refractivity contribution in [2.75, 3.05) is 52.6 Å². The Kier molecular flexibility index (Phi) is 5.80. The van der Waals surface area contributed by atoms with Crippen molar-refractivity contribution in [1.29, 1.82) is 0 Å². The zero-order chi connectivity index (χ0) is 15.4. The van der Waals surface area contributed by atoms with Crippen LogP contribution in [0.15, 0.2) is 29.2 Å². The van der Waals surface area contributed by atoms with Crippen molar-refractivity contribution in [2.45, 2.75) is 30.3 Å². The molecule has 0 atom stereocenters. The Balaban J connectivity index is 1.45. The van der Waals surface area contributed by atoms with E-state index in [0.29, 0.717) is 0 Å². The van der Waals surface area contributed by atoms with Crippen molar-refractivity contribution in [1.82, 2.24) is 0 Å². The van der Waals surface area contributed by atoms with Crippen LogP contribution in [0.5, 0.6) is 0 Å². The molecule has 2 heterocycles. The van der Waals surface area contributed by atoms with Crippen molar-refractivity contribution in [3.05, 3.63) is 29.8 Å². The van der Waals surface area contributed by atoms with Gasteiger partial charge < -0.3 is 14.7 Å². The minimum absolute atomic E-state index is 0.940. The molecular weight excluding hydrogens is 290 g/mol.